The summed E-state index contributed by atoms with van der Waals surface area (Å²) in [4.78, 5) is 25.3. The summed E-state index contributed by atoms with van der Waals surface area (Å²) >= 11 is 0. The molecule has 21 heavy (non-hydrogen) atoms. The highest BCUT2D eigenvalue weighted by molar-refractivity contribution is 5.82. The molecular weight excluding hydrogens is 270 g/mol. The van der Waals surface area contributed by atoms with Crippen molar-refractivity contribution in [2.75, 3.05) is 13.1 Å². The SMILES string of the molecule is CC(C)CCN(CCC(C)C)C(=O)[C@@H]1CC[C@H](C(=O)O)O1. The van der Waals surface area contributed by atoms with Gasteiger partial charge in [0.15, 0.2) is 6.10 Å². The lowest BCUT2D eigenvalue weighted by Gasteiger charge is -2.27. The lowest BCUT2D eigenvalue weighted by atomic mass is 10.1. The van der Waals surface area contributed by atoms with Crippen LogP contribution in [0.4, 0.5) is 0 Å². The number of amides is 1. The number of hydrogen-bond acceptors (Lipinski definition) is 3. The minimum atomic E-state index is -0.971. The minimum Gasteiger partial charge on any atom is -0.479 e. The van der Waals surface area contributed by atoms with E-state index in [0.717, 1.165) is 25.9 Å². The van der Waals surface area contributed by atoms with Crippen LogP contribution in [-0.2, 0) is 14.3 Å². The van der Waals surface area contributed by atoms with E-state index in [1.165, 1.54) is 0 Å². The quantitative estimate of drug-likeness (QED) is 0.748. The van der Waals surface area contributed by atoms with Crippen LogP contribution in [-0.4, -0.2) is 47.2 Å². The molecular formula is C16H29NO4. The molecule has 1 saturated heterocycles. The third kappa shape index (κ3) is 6.04. The van der Waals surface area contributed by atoms with E-state index in [2.05, 4.69) is 27.7 Å². The fourth-order valence-electron chi connectivity index (χ4n) is 2.36. The van der Waals surface area contributed by atoms with E-state index in [4.69, 9.17) is 9.84 Å². The Morgan fingerprint density at radius 3 is 1.90 bits per heavy atom. The number of aliphatic carboxylic acids is 1. The lowest BCUT2D eigenvalue weighted by molar-refractivity contribution is -0.154. The summed E-state index contributed by atoms with van der Waals surface area (Å²) in [6, 6.07) is 0. The van der Waals surface area contributed by atoms with Gasteiger partial charge in [0.05, 0.1) is 0 Å². The summed E-state index contributed by atoms with van der Waals surface area (Å²) in [6.45, 7) is 9.99. The predicted octanol–water partition coefficient (Wildman–Crippen LogP) is 2.54. The van der Waals surface area contributed by atoms with E-state index in [9.17, 15) is 9.59 Å². The van der Waals surface area contributed by atoms with Crippen LogP contribution >= 0.6 is 0 Å². The van der Waals surface area contributed by atoms with E-state index < -0.39 is 18.2 Å². The van der Waals surface area contributed by atoms with Crippen molar-refractivity contribution in [3.05, 3.63) is 0 Å². The van der Waals surface area contributed by atoms with Gasteiger partial charge in [0.25, 0.3) is 5.91 Å². The second-order valence-electron chi connectivity index (χ2n) is 6.72. The molecule has 0 radical (unpaired) electrons. The third-order valence-corrected chi connectivity index (χ3v) is 3.83. The lowest BCUT2D eigenvalue weighted by Crippen LogP contribution is -2.41. The smallest absolute Gasteiger partial charge is 0.332 e. The minimum absolute atomic E-state index is 0.0416. The molecule has 1 aliphatic heterocycles. The van der Waals surface area contributed by atoms with Crippen molar-refractivity contribution in [2.24, 2.45) is 11.8 Å². The zero-order chi connectivity index (χ0) is 16.0. The van der Waals surface area contributed by atoms with Crippen molar-refractivity contribution < 1.29 is 19.4 Å². The van der Waals surface area contributed by atoms with Crippen LogP contribution in [0.15, 0.2) is 0 Å². The van der Waals surface area contributed by atoms with Gasteiger partial charge in [0, 0.05) is 13.1 Å². The van der Waals surface area contributed by atoms with Gasteiger partial charge in [-0.15, -0.1) is 0 Å². The summed E-state index contributed by atoms with van der Waals surface area (Å²) in [5.41, 5.74) is 0. The molecule has 0 unspecified atom stereocenters. The van der Waals surface area contributed by atoms with E-state index in [1.54, 1.807) is 0 Å². The molecule has 0 aromatic rings. The third-order valence-electron chi connectivity index (χ3n) is 3.83. The normalized spacial score (nSPS) is 22.0. The summed E-state index contributed by atoms with van der Waals surface area (Å²) in [5, 5.41) is 8.95. The number of hydrogen-bond donors (Lipinski definition) is 1. The number of nitrogens with zero attached hydrogens (tertiary/aromatic N) is 1. The molecule has 0 aromatic carbocycles. The standard InChI is InChI=1S/C16H29NO4/c1-11(2)7-9-17(10-8-12(3)4)15(18)13-5-6-14(21-13)16(19)20/h11-14H,5-10H2,1-4H3,(H,19,20)/t13-,14+/m0/s1. The molecule has 2 atom stereocenters. The molecule has 0 aromatic heterocycles. The van der Waals surface area contributed by atoms with E-state index in [-0.39, 0.29) is 5.91 Å². The van der Waals surface area contributed by atoms with Gasteiger partial charge >= 0.3 is 5.97 Å². The predicted molar refractivity (Wildman–Crippen MR) is 81.0 cm³/mol. The van der Waals surface area contributed by atoms with Crippen molar-refractivity contribution >= 4 is 11.9 Å². The van der Waals surface area contributed by atoms with Crippen LogP contribution < -0.4 is 0 Å². The highest BCUT2D eigenvalue weighted by Gasteiger charge is 2.36. The molecule has 0 saturated carbocycles. The largest absolute Gasteiger partial charge is 0.479 e. The Morgan fingerprint density at radius 1 is 1.05 bits per heavy atom. The number of rotatable bonds is 8. The van der Waals surface area contributed by atoms with Gasteiger partial charge in [-0.05, 0) is 37.5 Å². The van der Waals surface area contributed by atoms with E-state index in [0.29, 0.717) is 24.7 Å². The second-order valence-corrected chi connectivity index (χ2v) is 6.72. The van der Waals surface area contributed by atoms with E-state index in [1.807, 2.05) is 4.90 Å². The Morgan fingerprint density at radius 2 is 1.52 bits per heavy atom. The zero-order valence-corrected chi connectivity index (χ0v) is 13.7. The number of carbonyl (C=O) groups excluding carboxylic acids is 1. The summed E-state index contributed by atoms with van der Waals surface area (Å²) < 4.78 is 5.39. The molecule has 1 fully saturated rings. The molecule has 1 aliphatic rings. The number of carbonyl (C=O) groups is 2. The average Bonchev–Trinajstić information content (AvgIpc) is 2.87. The first-order chi connectivity index (χ1) is 9.81. The highest BCUT2D eigenvalue weighted by atomic mass is 16.5. The Balaban J connectivity index is 2.59. The Labute approximate surface area is 127 Å². The van der Waals surface area contributed by atoms with Gasteiger partial charge < -0.3 is 14.7 Å². The topological polar surface area (TPSA) is 66.8 Å². The second kappa shape index (κ2) is 8.37. The Bertz CT molecular complexity index is 342. The molecule has 122 valence electrons. The Kier molecular flexibility index (Phi) is 7.15. The van der Waals surface area contributed by atoms with Crippen LogP contribution in [0.3, 0.4) is 0 Å². The molecule has 0 bridgehead atoms. The number of carboxylic acids is 1. The molecule has 0 spiro atoms. The van der Waals surface area contributed by atoms with Crippen molar-refractivity contribution in [2.45, 2.75) is 65.6 Å². The summed E-state index contributed by atoms with van der Waals surface area (Å²) in [5.74, 6) is 0.0625. The zero-order valence-electron chi connectivity index (χ0n) is 13.7. The van der Waals surface area contributed by atoms with Gasteiger partial charge in [-0.1, -0.05) is 27.7 Å². The van der Waals surface area contributed by atoms with Crippen molar-refractivity contribution in [3.63, 3.8) is 0 Å². The number of ether oxygens (including phenoxy) is 1. The molecule has 5 heteroatoms. The first-order valence-corrected chi connectivity index (χ1v) is 7.98. The average molecular weight is 299 g/mol. The maximum atomic E-state index is 12.5. The number of carboxylic acid groups (broad SMARTS) is 1. The van der Waals surface area contributed by atoms with Crippen LogP contribution in [0.2, 0.25) is 0 Å². The molecule has 1 rings (SSSR count). The molecule has 1 amide bonds. The molecule has 5 nitrogen and oxygen atoms in total. The molecule has 1 N–H and O–H groups in total. The molecule has 1 heterocycles. The van der Waals surface area contributed by atoms with Crippen molar-refractivity contribution in [1.82, 2.24) is 4.90 Å². The fourth-order valence-corrected chi connectivity index (χ4v) is 2.36. The van der Waals surface area contributed by atoms with Gasteiger partial charge in [0.2, 0.25) is 0 Å². The monoisotopic (exact) mass is 299 g/mol. The van der Waals surface area contributed by atoms with Gasteiger partial charge in [-0.2, -0.15) is 0 Å². The van der Waals surface area contributed by atoms with Crippen molar-refractivity contribution in [3.8, 4) is 0 Å². The maximum absolute atomic E-state index is 12.5. The van der Waals surface area contributed by atoms with Crippen molar-refractivity contribution in [1.29, 1.82) is 0 Å². The first kappa shape index (κ1) is 18.0. The summed E-state index contributed by atoms with van der Waals surface area (Å²) in [6.07, 6.45) is 1.45. The van der Waals surface area contributed by atoms with Crippen LogP contribution in [0, 0.1) is 11.8 Å². The summed E-state index contributed by atoms with van der Waals surface area (Å²) in [7, 11) is 0. The fraction of sp³-hybridized carbons (Fsp3) is 0.875. The van der Waals surface area contributed by atoms with Gasteiger partial charge in [-0.3, -0.25) is 4.79 Å². The van der Waals surface area contributed by atoms with Crippen LogP contribution in [0.25, 0.3) is 0 Å². The Hall–Kier alpha value is -1.10. The van der Waals surface area contributed by atoms with E-state index >= 15 is 0 Å². The maximum Gasteiger partial charge on any atom is 0.332 e. The highest BCUT2D eigenvalue weighted by Crippen LogP contribution is 2.22. The molecule has 0 aliphatic carbocycles. The van der Waals surface area contributed by atoms with Gasteiger partial charge in [-0.25, -0.2) is 4.79 Å². The first-order valence-electron chi connectivity index (χ1n) is 7.98. The van der Waals surface area contributed by atoms with Crippen LogP contribution in [0.1, 0.15) is 53.4 Å². The van der Waals surface area contributed by atoms with Crippen LogP contribution in [0.5, 0.6) is 0 Å². The van der Waals surface area contributed by atoms with Gasteiger partial charge in [0.1, 0.15) is 6.10 Å².